The van der Waals surface area contributed by atoms with Crippen LogP contribution in [0, 0.1) is 0 Å². The number of allylic oxidation sites excluding steroid dienone is 3. The maximum atomic E-state index is 6.29. The van der Waals surface area contributed by atoms with Crippen molar-refractivity contribution in [2.24, 2.45) is 0 Å². The van der Waals surface area contributed by atoms with E-state index in [0.29, 0.717) is 0 Å². The summed E-state index contributed by atoms with van der Waals surface area (Å²) in [5, 5.41) is 3.69. The topological polar surface area (TPSA) is 21.3 Å². The van der Waals surface area contributed by atoms with E-state index in [2.05, 4.69) is 66.0 Å². The molecule has 0 bridgehead atoms. The van der Waals surface area contributed by atoms with Gasteiger partial charge in [-0.15, -0.1) is 0 Å². The second-order valence-electron chi connectivity index (χ2n) is 7.22. The average molecular weight is 345 g/mol. The van der Waals surface area contributed by atoms with Gasteiger partial charge in [-0.3, -0.25) is 0 Å². The van der Waals surface area contributed by atoms with Crippen LogP contribution in [0.2, 0.25) is 0 Å². The summed E-state index contributed by atoms with van der Waals surface area (Å²) in [6.07, 6.45) is 4.41. The lowest BCUT2D eigenvalue weighted by atomic mass is 9.66. The summed E-state index contributed by atoms with van der Waals surface area (Å²) >= 11 is 0. The Labute approximate surface area is 159 Å². The van der Waals surface area contributed by atoms with Crippen LogP contribution in [-0.2, 0) is 5.41 Å². The third kappa shape index (κ3) is 1.76. The molecular formula is C24H16BNO. The first-order valence-electron chi connectivity index (χ1n) is 9.22. The lowest BCUT2D eigenvalue weighted by Crippen LogP contribution is -2.39. The molecule has 0 saturated heterocycles. The van der Waals surface area contributed by atoms with Crippen LogP contribution in [0.5, 0.6) is 11.5 Å². The minimum atomic E-state index is -0.434. The van der Waals surface area contributed by atoms with Crippen LogP contribution >= 0.6 is 0 Å². The van der Waals surface area contributed by atoms with E-state index < -0.39 is 5.41 Å². The Morgan fingerprint density at radius 1 is 0.852 bits per heavy atom. The van der Waals surface area contributed by atoms with Crippen molar-refractivity contribution in [2.75, 3.05) is 6.54 Å². The standard InChI is InChI=1S/C24H16BNO/c25-15-11-12-16-17-6-5-13-26-23(17)24(20(16)14-15)18-7-1-3-9-21(18)27-22-10-4-2-8-19(22)24/h1-12,14,26H,13H2. The summed E-state index contributed by atoms with van der Waals surface area (Å²) in [4.78, 5) is 0. The number of nitrogens with one attached hydrogen (secondary N) is 1. The fourth-order valence-corrected chi connectivity index (χ4v) is 4.87. The highest BCUT2D eigenvalue weighted by atomic mass is 16.5. The van der Waals surface area contributed by atoms with Gasteiger partial charge in [0.25, 0.3) is 0 Å². The molecule has 1 spiro atoms. The molecule has 2 aliphatic heterocycles. The molecule has 1 aliphatic carbocycles. The monoisotopic (exact) mass is 345 g/mol. The van der Waals surface area contributed by atoms with E-state index in [1.54, 1.807) is 0 Å². The highest BCUT2D eigenvalue weighted by Crippen LogP contribution is 2.60. The van der Waals surface area contributed by atoms with Crippen LogP contribution in [0.1, 0.15) is 22.3 Å². The summed E-state index contributed by atoms with van der Waals surface area (Å²) in [5.41, 5.74) is 7.56. The quantitative estimate of drug-likeness (QED) is 0.626. The predicted molar refractivity (Wildman–Crippen MR) is 109 cm³/mol. The molecule has 6 rings (SSSR count). The van der Waals surface area contributed by atoms with E-state index >= 15 is 0 Å². The molecule has 3 aromatic carbocycles. The number of benzene rings is 3. The van der Waals surface area contributed by atoms with E-state index in [1.165, 1.54) is 22.4 Å². The van der Waals surface area contributed by atoms with Gasteiger partial charge in [-0.05, 0) is 23.3 Å². The van der Waals surface area contributed by atoms with E-state index in [4.69, 9.17) is 12.6 Å². The molecule has 2 heterocycles. The van der Waals surface area contributed by atoms with Gasteiger partial charge in [0, 0.05) is 28.9 Å². The van der Waals surface area contributed by atoms with E-state index in [0.717, 1.165) is 34.6 Å². The van der Waals surface area contributed by atoms with Crippen molar-refractivity contribution in [3.63, 3.8) is 0 Å². The Bertz CT molecular complexity index is 1130. The lowest BCUT2D eigenvalue weighted by Gasteiger charge is -2.41. The molecule has 2 radical (unpaired) electrons. The lowest BCUT2D eigenvalue weighted by molar-refractivity contribution is 0.429. The highest BCUT2D eigenvalue weighted by molar-refractivity contribution is 6.32. The molecule has 0 unspecified atom stereocenters. The van der Waals surface area contributed by atoms with Crippen LogP contribution in [0.3, 0.4) is 0 Å². The normalized spacial score (nSPS) is 17.5. The largest absolute Gasteiger partial charge is 0.457 e. The molecule has 2 nitrogen and oxygen atoms in total. The van der Waals surface area contributed by atoms with Crippen molar-refractivity contribution in [1.29, 1.82) is 0 Å². The van der Waals surface area contributed by atoms with Gasteiger partial charge in [-0.25, -0.2) is 0 Å². The first-order valence-corrected chi connectivity index (χ1v) is 9.22. The van der Waals surface area contributed by atoms with Crippen LogP contribution in [0.4, 0.5) is 0 Å². The van der Waals surface area contributed by atoms with Crippen molar-refractivity contribution >= 4 is 18.9 Å². The van der Waals surface area contributed by atoms with E-state index in [9.17, 15) is 0 Å². The third-order valence-electron chi connectivity index (χ3n) is 5.87. The summed E-state index contributed by atoms with van der Waals surface area (Å²) < 4.78 is 6.29. The fourth-order valence-electron chi connectivity index (χ4n) is 4.87. The maximum Gasteiger partial charge on any atom is 0.132 e. The van der Waals surface area contributed by atoms with Gasteiger partial charge in [0.05, 0.1) is 5.41 Å². The first kappa shape index (κ1) is 14.9. The second kappa shape index (κ2) is 5.17. The Hall–Kier alpha value is -3.20. The minimum absolute atomic E-state index is 0.434. The van der Waals surface area contributed by atoms with Crippen molar-refractivity contribution in [2.45, 2.75) is 5.41 Å². The smallest absolute Gasteiger partial charge is 0.132 e. The van der Waals surface area contributed by atoms with Crippen molar-refractivity contribution in [1.82, 2.24) is 5.32 Å². The number of fused-ring (bicyclic) bond motifs is 8. The van der Waals surface area contributed by atoms with Gasteiger partial charge in [-0.2, -0.15) is 0 Å². The van der Waals surface area contributed by atoms with Gasteiger partial charge >= 0.3 is 0 Å². The Balaban J connectivity index is 1.83. The molecule has 0 fully saturated rings. The van der Waals surface area contributed by atoms with Crippen molar-refractivity contribution < 1.29 is 4.74 Å². The van der Waals surface area contributed by atoms with Gasteiger partial charge in [0.1, 0.15) is 19.3 Å². The molecular weight excluding hydrogens is 329 g/mol. The molecule has 3 aliphatic rings. The number of ether oxygens (including phenoxy) is 1. The Kier molecular flexibility index (Phi) is 2.86. The van der Waals surface area contributed by atoms with Crippen molar-refractivity contribution in [3.05, 3.63) is 107 Å². The van der Waals surface area contributed by atoms with E-state index in [-0.39, 0.29) is 0 Å². The van der Waals surface area contributed by atoms with Gasteiger partial charge in [0.2, 0.25) is 0 Å². The third-order valence-corrected chi connectivity index (χ3v) is 5.87. The molecule has 126 valence electrons. The number of hydrogen-bond donors (Lipinski definition) is 1. The summed E-state index contributed by atoms with van der Waals surface area (Å²) in [7, 11) is 6.26. The maximum absolute atomic E-state index is 6.29. The molecule has 3 aromatic rings. The molecule has 0 amide bonds. The zero-order chi connectivity index (χ0) is 18.0. The first-order chi connectivity index (χ1) is 13.3. The summed E-state index contributed by atoms with van der Waals surface area (Å²) in [6, 6.07) is 22.9. The number of para-hydroxylation sites is 2. The SMILES string of the molecule is [B]c1ccc2c(c1)C1(C3=C2C=CCN3)c2ccccc2Oc2ccccc21. The molecule has 0 atom stereocenters. The minimum Gasteiger partial charge on any atom is -0.457 e. The Morgan fingerprint density at radius 2 is 1.56 bits per heavy atom. The van der Waals surface area contributed by atoms with Crippen LogP contribution in [-0.4, -0.2) is 14.4 Å². The second-order valence-corrected chi connectivity index (χ2v) is 7.22. The van der Waals surface area contributed by atoms with Gasteiger partial charge in [-0.1, -0.05) is 72.2 Å². The van der Waals surface area contributed by atoms with Crippen LogP contribution < -0.4 is 15.5 Å². The zero-order valence-electron chi connectivity index (χ0n) is 14.7. The van der Waals surface area contributed by atoms with Crippen LogP contribution in [0.15, 0.2) is 84.6 Å². The number of hydrogen-bond acceptors (Lipinski definition) is 2. The average Bonchev–Trinajstić information content (AvgIpc) is 2.99. The van der Waals surface area contributed by atoms with Gasteiger partial charge < -0.3 is 10.1 Å². The van der Waals surface area contributed by atoms with Crippen LogP contribution in [0.25, 0.3) is 5.57 Å². The summed E-state index contributed by atoms with van der Waals surface area (Å²) in [5.74, 6) is 1.80. The number of dihydropyridines is 1. The van der Waals surface area contributed by atoms with E-state index in [1.807, 2.05) is 18.2 Å². The Morgan fingerprint density at radius 3 is 2.30 bits per heavy atom. The highest BCUT2D eigenvalue weighted by Gasteiger charge is 2.52. The van der Waals surface area contributed by atoms with Crippen molar-refractivity contribution in [3.8, 4) is 11.5 Å². The molecule has 27 heavy (non-hydrogen) atoms. The molecule has 0 saturated carbocycles. The van der Waals surface area contributed by atoms with Gasteiger partial charge in [0.15, 0.2) is 0 Å². The molecule has 1 N–H and O–H groups in total. The molecule has 0 aromatic heterocycles. The molecule has 3 heteroatoms. The zero-order valence-corrected chi connectivity index (χ0v) is 14.7. The fraction of sp³-hybridized carbons (Fsp3) is 0.0833. The summed E-state index contributed by atoms with van der Waals surface area (Å²) in [6.45, 7) is 0.815. The predicted octanol–water partition coefficient (Wildman–Crippen LogP) is 3.80. The number of rotatable bonds is 0.